The maximum Gasteiger partial charge on any atom is 0.241 e. The van der Waals surface area contributed by atoms with Gasteiger partial charge in [-0.05, 0) is 11.1 Å². The number of H-pyrrole nitrogens is 2. The molecule has 0 saturated heterocycles. The molecule has 17 heteroatoms. The van der Waals surface area contributed by atoms with E-state index < -0.39 is 66.3 Å². The zero-order valence-electron chi connectivity index (χ0n) is 22.2. The van der Waals surface area contributed by atoms with Crippen LogP contribution in [0, 0.1) is 0 Å². The number of nitrogens with zero attached hydrogens (tertiary/aromatic N) is 4. The van der Waals surface area contributed by atoms with Gasteiger partial charge in [-0.1, -0.05) is 60.7 Å². The van der Waals surface area contributed by atoms with E-state index in [9.17, 15) is 26.4 Å². The second-order valence-corrected chi connectivity index (χ2v) is 13.4. The first kappa shape index (κ1) is 29.3. The van der Waals surface area contributed by atoms with E-state index in [-0.39, 0.29) is 11.9 Å². The third-order valence-electron chi connectivity index (χ3n) is 5.73. The van der Waals surface area contributed by atoms with Crippen molar-refractivity contribution in [3.05, 3.63) is 84.8 Å². The summed E-state index contributed by atoms with van der Waals surface area (Å²) in [6.07, 6.45) is 2.99. The summed E-state index contributed by atoms with van der Waals surface area (Å²) in [5, 5.41) is 11.9. The lowest BCUT2D eigenvalue weighted by atomic mass is 10.2. The number of benzene rings is 2. The Balaban J connectivity index is 1.11. The molecule has 0 aliphatic carbocycles. The van der Waals surface area contributed by atoms with E-state index in [0.29, 0.717) is 11.4 Å². The first-order chi connectivity index (χ1) is 20.5. The molecule has 0 aliphatic rings. The molecule has 3 heterocycles. The minimum atomic E-state index is -4.08. The molecule has 5 aromatic rings. The predicted octanol–water partition coefficient (Wildman–Crippen LogP) is 1.96. The molecule has 5 rings (SSSR count). The van der Waals surface area contributed by atoms with Gasteiger partial charge in [0.05, 0.1) is 23.8 Å². The van der Waals surface area contributed by atoms with Crippen LogP contribution in [0.25, 0.3) is 22.5 Å². The van der Waals surface area contributed by atoms with Crippen molar-refractivity contribution in [1.82, 2.24) is 30.1 Å². The van der Waals surface area contributed by atoms with Gasteiger partial charge in [0.15, 0.2) is 19.7 Å². The highest BCUT2D eigenvalue weighted by Crippen LogP contribution is 2.19. The zero-order chi connectivity index (χ0) is 30.5. The number of imidazole rings is 2. The molecule has 0 aliphatic heterocycles. The van der Waals surface area contributed by atoms with E-state index in [0.717, 1.165) is 11.1 Å². The fraction of sp³-hybridized carbons (Fsp3) is 0.154. The van der Waals surface area contributed by atoms with E-state index in [2.05, 4.69) is 40.8 Å². The third kappa shape index (κ3) is 8.20. The van der Waals surface area contributed by atoms with Crippen molar-refractivity contribution in [1.29, 1.82) is 0 Å². The Morgan fingerprint density at radius 1 is 0.651 bits per heavy atom. The summed E-state index contributed by atoms with van der Waals surface area (Å²) >= 11 is 0. The molecule has 0 saturated carbocycles. The quantitative estimate of drug-likeness (QED) is 0.157. The molecule has 0 fully saturated rings. The van der Waals surface area contributed by atoms with Crippen molar-refractivity contribution < 1.29 is 30.8 Å². The normalized spacial score (nSPS) is 11.7. The van der Waals surface area contributed by atoms with E-state index in [1.165, 1.54) is 12.4 Å². The highest BCUT2D eigenvalue weighted by molar-refractivity contribution is 7.91. The first-order valence-electron chi connectivity index (χ1n) is 12.6. The van der Waals surface area contributed by atoms with Gasteiger partial charge in [0.2, 0.25) is 35.5 Å². The van der Waals surface area contributed by atoms with Crippen LogP contribution < -0.4 is 10.6 Å². The fourth-order valence-corrected chi connectivity index (χ4v) is 6.05. The predicted molar refractivity (Wildman–Crippen MR) is 155 cm³/mol. The SMILES string of the molecule is O=C(CS(=O)(=O)Cc1nnc(CS(=O)(=O)CC(=O)Nc2ncc(-c3ccccc3)[nH]2)o1)Nc1ncc(-c2ccccc2)[nH]1. The van der Waals surface area contributed by atoms with E-state index in [1.54, 1.807) is 0 Å². The van der Waals surface area contributed by atoms with Gasteiger partial charge in [0, 0.05) is 0 Å². The summed E-state index contributed by atoms with van der Waals surface area (Å²) in [5.74, 6) is -5.81. The number of anilines is 2. The Bertz CT molecular complexity index is 1810. The van der Waals surface area contributed by atoms with Gasteiger partial charge in [-0.25, -0.2) is 26.8 Å². The molecular weight excluding hydrogens is 600 g/mol. The highest BCUT2D eigenvalue weighted by atomic mass is 32.2. The fourth-order valence-electron chi connectivity index (χ4n) is 3.92. The Morgan fingerprint density at radius 3 is 1.44 bits per heavy atom. The molecular formula is C26H24N8O7S2. The molecule has 0 spiro atoms. The smallest absolute Gasteiger partial charge is 0.241 e. The lowest BCUT2D eigenvalue weighted by molar-refractivity contribution is -0.114. The van der Waals surface area contributed by atoms with E-state index in [1.807, 2.05) is 60.7 Å². The van der Waals surface area contributed by atoms with Gasteiger partial charge in [0.25, 0.3) is 0 Å². The molecule has 3 aromatic heterocycles. The van der Waals surface area contributed by atoms with Crippen molar-refractivity contribution in [2.24, 2.45) is 0 Å². The Hall–Kier alpha value is -5.16. The van der Waals surface area contributed by atoms with Crippen LogP contribution in [0.1, 0.15) is 11.8 Å². The van der Waals surface area contributed by atoms with Crippen LogP contribution in [0.4, 0.5) is 11.9 Å². The molecule has 2 amide bonds. The average Bonchev–Trinajstić information content (AvgIpc) is 3.70. The van der Waals surface area contributed by atoms with Crippen molar-refractivity contribution in [3.63, 3.8) is 0 Å². The number of rotatable bonds is 12. The van der Waals surface area contributed by atoms with Gasteiger partial charge in [0.1, 0.15) is 23.0 Å². The summed E-state index contributed by atoms with van der Waals surface area (Å²) in [4.78, 5) is 38.5. The van der Waals surface area contributed by atoms with Gasteiger partial charge in [-0.15, -0.1) is 10.2 Å². The summed E-state index contributed by atoms with van der Waals surface area (Å²) in [6.45, 7) is 0. The van der Waals surface area contributed by atoms with Crippen LogP contribution in [-0.4, -0.2) is 70.3 Å². The van der Waals surface area contributed by atoms with Gasteiger partial charge >= 0.3 is 0 Å². The van der Waals surface area contributed by atoms with E-state index in [4.69, 9.17) is 4.42 Å². The minimum absolute atomic E-state index is 0.0667. The molecule has 0 unspecified atom stereocenters. The van der Waals surface area contributed by atoms with Crippen LogP contribution >= 0.6 is 0 Å². The minimum Gasteiger partial charge on any atom is -0.423 e. The Morgan fingerprint density at radius 2 is 1.05 bits per heavy atom. The van der Waals surface area contributed by atoms with Crippen molar-refractivity contribution in [2.45, 2.75) is 11.5 Å². The zero-order valence-corrected chi connectivity index (χ0v) is 23.9. The number of hydrogen-bond acceptors (Lipinski definition) is 11. The number of sulfone groups is 2. The molecule has 0 radical (unpaired) electrons. The number of carbonyl (C=O) groups is 2. The number of aromatic nitrogens is 6. The number of nitrogens with one attached hydrogen (secondary N) is 4. The van der Waals surface area contributed by atoms with Crippen LogP contribution in [-0.2, 0) is 40.8 Å². The lowest BCUT2D eigenvalue weighted by Crippen LogP contribution is -2.24. The number of carbonyl (C=O) groups excluding carboxylic acids is 2. The summed E-state index contributed by atoms with van der Waals surface area (Å²) in [6, 6.07) is 18.4. The van der Waals surface area contributed by atoms with Crippen molar-refractivity contribution in [2.75, 3.05) is 22.1 Å². The first-order valence-corrected chi connectivity index (χ1v) is 16.2. The number of hydrogen-bond donors (Lipinski definition) is 4. The number of amides is 2. The summed E-state index contributed by atoms with van der Waals surface area (Å²) in [5.41, 5.74) is 2.91. The molecule has 0 bridgehead atoms. The van der Waals surface area contributed by atoms with Crippen LogP contribution in [0.15, 0.2) is 77.5 Å². The molecule has 222 valence electrons. The monoisotopic (exact) mass is 624 g/mol. The molecule has 15 nitrogen and oxygen atoms in total. The Labute approximate surface area is 245 Å². The van der Waals surface area contributed by atoms with Crippen LogP contribution in [0.5, 0.6) is 0 Å². The highest BCUT2D eigenvalue weighted by Gasteiger charge is 2.25. The lowest BCUT2D eigenvalue weighted by Gasteiger charge is -2.03. The molecule has 4 N–H and O–H groups in total. The van der Waals surface area contributed by atoms with Gasteiger partial charge in [-0.3, -0.25) is 20.2 Å². The van der Waals surface area contributed by atoms with Crippen LogP contribution in [0.3, 0.4) is 0 Å². The van der Waals surface area contributed by atoms with Crippen LogP contribution in [0.2, 0.25) is 0 Å². The second kappa shape index (κ2) is 12.4. The van der Waals surface area contributed by atoms with Crippen molar-refractivity contribution >= 4 is 43.4 Å². The summed E-state index contributed by atoms with van der Waals surface area (Å²) in [7, 11) is -8.15. The van der Waals surface area contributed by atoms with Gasteiger partial charge in [-0.2, -0.15) is 0 Å². The molecule has 2 aromatic carbocycles. The second-order valence-electron chi connectivity index (χ2n) is 9.27. The number of aromatic amines is 2. The third-order valence-corrected chi connectivity index (χ3v) is 8.51. The largest absolute Gasteiger partial charge is 0.423 e. The summed E-state index contributed by atoms with van der Waals surface area (Å²) < 4.78 is 55.3. The van der Waals surface area contributed by atoms with E-state index >= 15 is 0 Å². The molecule has 0 atom stereocenters. The molecule has 43 heavy (non-hydrogen) atoms. The van der Waals surface area contributed by atoms with Gasteiger partial charge < -0.3 is 14.4 Å². The maximum atomic E-state index is 12.5. The standard InChI is InChI=1S/C26H24N8O7S2/c35-21(31-25-27-11-19(29-25)17-7-3-1-4-8-17)13-42(37,38)15-23-33-34-24(41-23)16-43(39,40)14-22(36)32-26-28-12-20(30-26)18-9-5-2-6-10-18/h1-12H,13-16H2,(H2,27,29,31,35)(H2,28,30,32,36). The average molecular weight is 625 g/mol. The van der Waals surface area contributed by atoms with Crippen molar-refractivity contribution in [3.8, 4) is 22.5 Å². The maximum absolute atomic E-state index is 12.5. The Kier molecular flexibility index (Phi) is 8.44. The topological polar surface area (TPSA) is 223 Å².